The standard InChI is InChI=1S/C26H32FN3O/c1-30(11-10-20-12-21-14-22(13-20)15-21)17-19-4-2-18(3-5-19)6-9-26(31)29-25-16-23(27)7-8-24(25)28/h2-9,16,20-22H,10-15,17,28H2,1H3,(H,29,31)/b9-6+. The summed E-state index contributed by atoms with van der Waals surface area (Å²) in [5.41, 5.74) is 8.58. The molecule has 0 atom stereocenters. The van der Waals surface area contributed by atoms with Crippen molar-refractivity contribution >= 4 is 23.4 Å². The molecular weight excluding hydrogens is 389 g/mol. The molecule has 1 amide bonds. The van der Waals surface area contributed by atoms with E-state index in [0.717, 1.165) is 36.4 Å². The van der Waals surface area contributed by atoms with E-state index in [-0.39, 0.29) is 11.6 Å². The van der Waals surface area contributed by atoms with Gasteiger partial charge in [0.05, 0.1) is 11.4 Å². The second-order valence-electron chi connectivity index (χ2n) is 9.36. The molecule has 3 fully saturated rings. The molecule has 3 aliphatic rings. The van der Waals surface area contributed by atoms with E-state index in [1.54, 1.807) is 6.08 Å². The van der Waals surface area contributed by atoms with Gasteiger partial charge in [-0.25, -0.2) is 4.39 Å². The maximum absolute atomic E-state index is 13.3. The number of nitrogens with one attached hydrogen (secondary N) is 1. The number of benzene rings is 2. The Morgan fingerprint density at radius 3 is 2.55 bits per heavy atom. The molecule has 31 heavy (non-hydrogen) atoms. The van der Waals surface area contributed by atoms with Crippen LogP contribution >= 0.6 is 0 Å². The van der Waals surface area contributed by atoms with E-state index in [1.165, 1.54) is 61.9 Å². The number of nitrogens with zero attached hydrogens (tertiary/aromatic N) is 1. The highest BCUT2D eigenvalue weighted by atomic mass is 19.1. The van der Waals surface area contributed by atoms with Gasteiger partial charge in [-0.1, -0.05) is 24.3 Å². The summed E-state index contributed by atoms with van der Waals surface area (Å²) < 4.78 is 13.3. The number of hydrogen-bond acceptors (Lipinski definition) is 3. The van der Waals surface area contributed by atoms with Crippen LogP contribution < -0.4 is 11.1 Å². The lowest BCUT2D eigenvalue weighted by atomic mass is 9.61. The molecule has 2 aromatic rings. The van der Waals surface area contributed by atoms with Crippen molar-refractivity contribution in [2.75, 3.05) is 24.6 Å². The normalized spacial score (nSPS) is 22.5. The fourth-order valence-corrected chi connectivity index (χ4v) is 5.04. The van der Waals surface area contributed by atoms with E-state index in [0.29, 0.717) is 5.69 Å². The molecule has 0 saturated heterocycles. The number of halogens is 1. The van der Waals surface area contributed by atoms with Crippen molar-refractivity contribution in [3.05, 3.63) is 65.5 Å². The lowest BCUT2D eigenvalue weighted by Crippen LogP contribution is -2.35. The first kappa shape index (κ1) is 21.6. The van der Waals surface area contributed by atoms with Crippen molar-refractivity contribution < 1.29 is 9.18 Å². The van der Waals surface area contributed by atoms with Crippen LogP contribution in [0, 0.1) is 23.6 Å². The Balaban J connectivity index is 1.22. The van der Waals surface area contributed by atoms with Crippen molar-refractivity contribution in [1.29, 1.82) is 0 Å². The zero-order valence-corrected chi connectivity index (χ0v) is 18.2. The first-order valence-corrected chi connectivity index (χ1v) is 11.3. The predicted molar refractivity (Wildman–Crippen MR) is 125 cm³/mol. The fraction of sp³-hybridized carbons (Fsp3) is 0.423. The van der Waals surface area contributed by atoms with E-state index in [9.17, 15) is 9.18 Å². The fourth-order valence-electron chi connectivity index (χ4n) is 5.04. The molecule has 5 rings (SSSR count). The van der Waals surface area contributed by atoms with Crippen LogP contribution in [0.2, 0.25) is 0 Å². The summed E-state index contributed by atoms with van der Waals surface area (Å²) in [4.78, 5) is 14.5. The molecule has 3 saturated carbocycles. The first-order chi connectivity index (χ1) is 14.9. The van der Waals surface area contributed by atoms with Gasteiger partial charge in [-0.2, -0.15) is 0 Å². The number of nitrogens with two attached hydrogens (primary N) is 1. The van der Waals surface area contributed by atoms with Crippen LogP contribution in [0.1, 0.15) is 43.2 Å². The third-order valence-electron chi connectivity index (χ3n) is 6.72. The first-order valence-electron chi connectivity index (χ1n) is 11.3. The highest BCUT2D eigenvalue weighted by Crippen LogP contribution is 2.48. The summed E-state index contributed by atoms with van der Waals surface area (Å²) in [6.45, 7) is 2.08. The van der Waals surface area contributed by atoms with E-state index in [1.807, 2.05) is 12.1 Å². The van der Waals surface area contributed by atoms with Crippen molar-refractivity contribution in [1.82, 2.24) is 4.90 Å². The number of nitrogen functional groups attached to an aromatic ring is 1. The van der Waals surface area contributed by atoms with Gasteiger partial charge in [0, 0.05) is 12.6 Å². The van der Waals surface area contributed by atoms with Crippen LogP contribution in [0.15, 0.2) is 48.5 Å². The maximum atomic E-state index is 13.3. The largest absolute Gasteiger partial charge is 0.397 e. The predicted octanol–water partition coefficient (Wildman–Crippen LogP) is 5.32. The molecule has 0 heterocycles. The number of rotatable bonds is 8. The molecule has 3 N–H and O–H groups in total. The van der Waals surface area contributed by atoms with Crippen molar-refractivity contribution in [3.63, 3.8) is 0 Å². The number of anilines is 2. The molecule has 0 radical (unpaired) electrons. The molecule has 4 nitrogen and oxygen atoms in total. The van der Waals surface area contributed by atoms with Crippen LogP contribution in [0.25, 0.3) is 6.08 Å². The molecule has 3 aliphatic carbocycles. The van der Waals surface area contributed by atoms with Gasteiger partial charge in [0.1, 0.15) is 5.82 Å². The molecule has 0 aliphatic heterocycles. The lowest BCUT2D eigenvalue weighted by Gasteiger charge is -2.45. The monoisotopic (exact) mass is 421 g/mol. The second-order valence-corrected chi connectivity index (χ2v) is 9.36. The van der Waals surface area contributed by atoms with Crippen LogP contribution in [0.5, 0.6) is 0 Å². The third-order valence-corrected chi connectivity index (χ3v) is 6.72. The molecule has 164 valence electrons. The zero-order valence-electron chi connectivity index (χ0n) is 18.2. The van der Waals surface area contributed by atoms with Gasteiger partial charge >= 0.3 is 0 Å². The molecule has 0 unspecified atom stereocenters. The molecule has 2 bridgehead atoms. The molecule has 5 heteroatoms. The van der Waals surface area contributed by atoms with Gasteiger partial charge in [0.25, 0.3) is 0 Å². The Labute approximate surface area is 184 Å². The summed E-state index contributed by atoms with van der Waals surface area (Å²) >= 11 is 0. The van der Waals surface area contributed by atoms with Crippen LogP contribution in [-0.2, 0) is 11.3 Å². The van der Waals surface area contributed by atoms with Gasteiger partial charge < -0.3 is 16.0 Å². The Morgan fingerprint density at radius 1 is 1.13 bits per heavy atom. The Kier molecular flexibility index (Phi) is 6.71. The van der Waals surface area contributed by atoms with Crippen molar-refractivity contribution in [2.45, 2.75) is 38.6 Å². The van der Waals surface area contributed by atoms with Crippen LogP contribution in [0.3, 0.4) is 0 Å². The number of fused-ring (bicyclic) bond motifs is 2. The summed E-state index contributed by atoms with van der Waals surface area (Å²) in [7, 11) is 2.19. The number of hydrogen-bond donors (Lipinski definition) is 2. The molecule has 0 spiro atoms. The number of carbonyl (C=O) groups excluding carboxylic acids is 1. The second kappa shape index (κ2) is 9.65. The molecular formula is C26H32FN3O. The van der Waals surface area contributed by atoms with Crippen LogP contribution in [-0.4, -0.2) is 24.4 Å². The number of carbonyl (C=O) groups is 1. The van der Waals surface area contributed by atoms with Gasteiger partial charge in [-0.05, 0) is 98.9 Å². The Bertz CT molecular complexity index is 924. The van der Waals surface area contributed by atoms with Gasteiger partial charge in [0.15, 0.2) is 0 Å². The van der Waals surface area contributed by atoms with E-state index in [4.69, 9.17) is 5.73 Å². The zero-order chi connectivity index (χ0) is 21.8. The average molecular weight is 422 g/mol. The maximum Gasteiger partial charge on any atom is 0.248 e. The topological polar surface area (TPSA) is 58.4 Å². The van der Waals surface area contributed by atoms with Gasteiger partial charge in [0.2, 0.25) is 5.91 Å². The SMILES string of the molecule is CN(CCC1CC2CC(C1)C2)Cc1ccc(/C=C/C(=O)Nc2cc(F)ccc2N)cc1. The van der Waals surface area contributed by atoms with Crippen molar-refractivity contribution in [3.8, 4) is 0 Å². The molecule has 0 aromatic heterocycles. The van der Waals surface area contributed by atoms with E-state index < -0.39 is 5.82 Å². The summed E-state index contributed by atoms with van der Waals surface area (Å²) in [6.07, 6.45) is 10.4. The van der Waals surface area contributed by atoms with Crippen LogP contribution in [0.4, 0.5) is 15.8 Å². The lowest BCUT2D eigenvalue weighted by molar-refractivity contribution is -0.111. The smallest absolute Gasteiger partial charge is 0.248 e. The average Bonchev–Trinajstić information content (AvgIpc) is 2.74. The quantitative estimate of drug-likeness (QED) is 0.448. The number of amides is 1. The minimum absolute atomic E-state index is 0.276. The minimum atomic E-state index is -0.440. The summed E-state index contributed by atoms with van der Waals surface area (Å²) in [5, 5.41) is 2.61. The van der Waals surface area contributed by atoms with E-state index >= 15 is 0 Å². The van der Waals surface area contributed by atoms with E-state index in [2.05, 4.69) is 29.4 Å². The highest BCUT2D eigenvalue weighted by molar-refractivity contribution is 6.03. The molecule has 2 aromatic carbocycles. The van der Waals surface area contributed by atoms with Gasteiger partial charge in [-0.15, -0.1) is 0 Å². The van der Waals surface area contributed by atoms with Crippen molar-refractivity contribution in [2.24, 2.45) is 17.8 Å². The summed E-state index contributed by atoms with van der Waals surface area (Å²) in [6, 6.07) is 12.1. The minimum Gasteiger partial charge on any atom is -0.397 e. The summed E-state index contributed by atoms with van der Waals surface area (Å²) in [5.74, 6) is 2.21. The third kappa shape index (κ3) is 5.95. The highest BCUT2D eigenvalue weighted by Gasteiger charge is 2.37. The Morgan fingerprint density at radius 2 is 1.84 bits per heavy atom. The Hall–Kier alpha value is -2.66. The van der Waals surface area contributed by atoms with Gasteiger partial charge in [-0.3, -0.25) is 4.79 Å².